The first kappa shape index (κ1) is 11.6. The third kappa shape index (κ3) is 3.03. The van der Waals surface area contributed by atoms with E-state index in [1.165, 1.54) is 0 Å². The number of nitrogens with zero attached hydrogens (tertiary/aromatic N) is 1. The summed E-state index contributed by atoms with van der Waals surface area (Å²) in [5.41, 5.74) is 1.89. The van der Waals surface area contributed by atoms with E-state index >= 15 is 0 Å². The number of pyridine rings is 1. The van der Waals surface area contributed by atoms with Crippen molar-refractivity contribution in [2.45, 2.75) is 44.8 Å². The van der Waals surface area contributed by atoms with Gasteiger partial charge in [0.15, 0.2) is 0 Å². The number of hydrogen-bond acceptors (Lipinski definition) is 3. The fraction of sp³-hybridized carbons (Fsp3) is 0.615. The summed E-state index contributed by atoms with van der Waals surface area (Å²) in [6.07, 6.45) is 5.71. The number of hydrogen-bond donors (Lipinski definition) is 1. The third-order valence-corrected chi connectivity index (χ3v) is 3.11. The number of aryl methyl sites for hydroxylation is 1. The normalized spacial score (nSPS) is 22.2. The number of aromatic nitrogens is 1. The Bertz CT molecular complexity index is 317. The molecule has 1 aromatic rings. The lowest BCUT2D eigenvalue weighted by Gasteiger charge is -2.13. The molecule has 0 spiro atoms. The molecule has 0 amide bonds. The molecule has 1 saturated heterocycles. The molecule has 1 aromatic heterocycles. The lowest BCUT2D eigenvalue weighted by molar-refractivity contribution is 0.0811. The zero-order valence-electron chi connectivity index (χ0n) is 9.72. The van der Waals surface area contributed by atoms with E-state index in [9.17, 15) is 5.11 Å². The maximum absolute atomic E-state index is 9.98. The molecule has 1 aliphatic heterocycles. The molecule has 16 heavy (non-hydrogen) atoms. The van der Waals surface area contributed by atoms with Gasteiger partial charge in [-0.3, -0.25) is 4.98 Å². The van der Waals surface area contributed by atoms with E-state index in [4.69, 9.17) is 4.74 Å². The Balaban J connectivity index is 1.82. The van der Waals surface area contributed by atoms with Gasteiger partial charge in [-0.05, 0) is 44.2 Å². The topological polar surface area (TPSA) is 42.4 Å². The molecular formula is C13H19NO2. The lowest BCUT2D eigenvalue weighted by atomic mass is 10.0. The lowest BCUT2D eigenvalue weighted by Crippen LogP contribution is -2.08. The standard InChI is InChI=1S/C13H19NO2/c1-10-4-5-11(9-14-10)13(15)7-6-12-3-2-8-16-12/h4-5,9,12-13,15H,2-3,6-8H2,1H3. The van der Waals surface area contributed by atoms with Crippen molar-refractivity contribution >= 4 is 0 Å². The van der Waals surface area contributed by atoms with Gasteiger partial charge in [0.1, 0.15) is 0 Å². The number of aliphatic hydroxyl groups is 1. The van der Waals surface area contributed by atoms with Gasteiger partial charge in [-0.2, -0.15) is 0 Å². The molecule has 0 saturated carbocycles. The van der Waals surface area contributed by atoms with Crippen LogP contribution in [0.25, 0.3) is 0 Å². The molecule has 2 unspecified atom stereocenters. The Labute approximate surface area is 96.5 Å². The first-order valence-electron chi connectivity index (χ1n) is 5.98. The van der Waals surface area contributed by atoms with Gasteiger partial charge in [0.05, 0.1) is 12.2 Å². The molecule has 2 heterocycles. The summed E-state index contributed by atoms with van der Waals surface area (Å²) in [6.45, 7) is 2.83. The van der Waals surface area contributed by atoms with Gasteiger partial charge in [0.25, 0.3) is 0 Å². The maximum Gasteiger partial charge on any atom is 0.0805 e. The van der Waals surface area contributed by atoms with E-state index in [1.807, 2.05) is 19.1 Å². The minimum Gasteiger partial charge on any atom is -0.388 e. The molecule has 88 valence electrons. The molecule has 2 atom stereocenters. The second-order valence-corrected chi connectivity index (χ2v) is 4.46. The van der Waals surface area contributed by atoms with Gasteiger partial charge in [0, 0.05) is 18.5 Å². The van der Waals surface area contributed by atoms with Crippen molar-refractivity contribution in [3.05, 3.63) is 29.6 Å². The van der Waals surface area contributed by atoms with Gasteiger partial charge in [-0.1, -0.05) is 6.07 Å². The highest BCUT2D eigenvalue weighted by atomic mass is 16.5. The minimum absolute atomic E-state index is 0.355. The highest BCUT2D eigenvalue weighted by molar-refractivity contribution is 5.15. The summed E-state index contributed by atoms with van der Waals surface area (Å²) < 4.78 is 5.53. The van der Waals surface area contributed by atoms with Crippen LogP contribution in [-0.2, 0) is 4.74 Å². The highest BCUT2D eigenvalue weighted by Crippen LogP contribution is 2.23. The fourth-order valence-corrected chi connectivity index (χ4v) is 2.06. The average molecular weight is 221 g/mol. The van der Waals surface area contributed by atoms with Crippen molar-refractivity contribution in [3.63, 3.8) is 0 Å². The SMILES string of the molecule is Cc1ccc(C(O)CCC2CCCO2)cn1. The largest absolute Gasteiger partial charge is 0.388 e. The average Bonchev–Trinajstić information content (AvgIpc) is 2.80. The second-order valence-electron chi connectivity index (χ2n) is 4.46. The summed E-state index contributed by atoms with van der Waals surface area (Å²) in [5, 5.41) is 9.98. The Hall–Kier alpha value is -0.930. The van der Waals surface area contributed by atoms with Gasteiger partial charge in [0.2, 0.25) is 0 Å². The van der Waals surface area contributed by atoms with Gasteiger partial charge in [-0.15, -0.1) is 0 Å². The monoisotopic (exact) mass is 221 g/mol. The summed E-state index contributed by atoms with van der Waals surface area (Å²) in [5.74, 6) is 0. The van der Waals surface area contributed by atoms with Crippen LogP contribution in [0.2, 0.25) is 0 Å². The van der Waals surface area contributed by atoms with Crippen molar-refractivity contribution in [2.24, 2.45) is 0 Å². The van der Waals surface area contributed by atoms with Gasteiger partial charge >= 0.3 is 0 Å². The van der Waals surface area contributed by atoms with Crippen LogP contribution < -0.4 is 0 Å². The molecule has 2 rings (SSSR count). The summed E-state index contributed by atoms with van der Waals surface area (Å²) in [6, 6.07) is 3.88. The molecule has 3 heteroatoms. The molecular weight excluding hydrogens is 202 g/mol. The zero-order chi connectivity index (χ0) is 11.4. The van der Waals surface area contributed by atoms with Crippen LogP contribution in [0.15, 0.2) is 18.3 Å². The van der Waals surface area contributed by atoms with Crippen LogP contribution in [0.4, 0.5) is 0 Å². The van der Waals surface area contributed by atoms with Gasteiger partial charge < -0.3 is 9.84 Å². The first-order chi connectivity index (χ1) is 7.75. The Morgan fingerprint density at radius 2 is 2.44 bits per heavy atom. The Morgan fingerprint density at radius 1 is 1.56 bits per heavy atom. The quantitative estimate of drug-likeness (QED) is 0.848. The number of ether oxygens (including phenoxy) is 1. The van der Waals surface area contributed by atoms with Crippen LogP contribution in [0.1, 0.15) is 43.0 Å². The van der Waals surface area contributed by atoms with Crippen LogP contribution in [0.3, 0.4) is 0 Å². The molecule has 1 fully saturated rings. The smallest absolute Gasteiger partial charge is 0.0805 e. The fourth-order valence-electron chi connectivity index (χ4n) is 2.06. The highest BCUT2D eigenvalue weighted by Gasteiger charge is 2.17. The molecule has 0 radical (unpaired) electrons. The molecule has 0 bridgehead atoms. The maximum atomic E-state index is 9.98. The molecule has 0 aromatic carbocycles. The van der Waals surface area contributed by atoms with E-state index in [2.05, 4.69) is 4.98 Å². The van der Waals surface area contributed by atoms with Crippen molar-refractivity contribution < 1.29 is 9.84 Å². The van der Waals surface area contributed by atoms with E-state index in [1.54, 1.807) is 6.20 Å². The number of aliphatic hydroxyl groups excluding tert-OH is 1. The van der Waals surface area contributed by atoms with E-state index in [0.717, 1.165) is 43.5 Å². The second kappa shape index (κ2) is 5.41. The predicted octanol–water partition coefficient (Wildman–Crippen LogP) is 2.38. The summed E-state index contributed by atoms with van der Waals surface area (Å²) in [7, 11) is 0. The van der Waals surface area contributed by atoms with Crippen LogP contribution in [0.5, 0.6) is 0 Å². The summed E-state index contributed by atoms with van der Waals surface area (Å²) in [4.78, 5) is 4.19. The van der Waals surface area contributed by atoms with Crippen molar-refractivity contribution in [2.75, 3.05) is 6.61 Å². The number of rotatable bonds is 4. The van der Waals surface area contributed by atoms with Crippen LogP contribution >= 0.6 is 0 Å². The van der Waals surface area contributed by atoms with Gasteiger partial charge in [-0.25, -0.2) is 0 Å². The van der Waals surface area contributed by atoms with E-state index in [0.29, 0.717) is 6.10 Å². The van der Waals surface area contributed by atoms with E-state index < -0.39 is 6.10 Å². The Morgan fingerprint density at radius 3 is 3.06 bits per heavy atom. The zero-order valence-corrected chi connectivity index (χ0v) is 9.72. The Kier molecular flexibility index (Phi) is 3.91. The minimum atomic E-state index is -0.405. The molecule has 1 aliphatic rings. The predicted molar refractivity (Wildman–Crippen MR) is 62.1 cm³/mol. The molecule has 3 nitrogen and oxygen atoms in total. The van der Waals surface area contributed by atoms with Crippen LogP contribution in [-0.4, -0.2) is 22.8 Å². The van der Waals surface area contributed by atoms with Crippen molar-refractivity contribution in [1.82, 2.24) is 4.98 Å². The first-order valence-corrected chi connectivity index (χ1v) is 5.98. The summed E-state index contributed by atoms with van der Waals surface area (Å²) >= 11 is 0. The third-order valence-electron chi connectivity index (χ3n) is 3.11. The van der Waals surface area contributed by atoms with Crippen LogP contribution in [0, 0.1) is 6.92 Å². The molecule has 0 aliphatic carbocycles. The van der Waals surface area contributed by atoms with Crippen molar-refractivity contribution in [1.29, 1.82) is 0 Å². The molecule has 1 N–H and O–H groups in total. The van der Waals surface area contributed by atoms with Crippen molar-refractivity contribution in [3.8, 4) is 0 Å². The van der Waals surface area contributed by atoms with E-state index in [-0.39, 0.29) is 0 Å².